The number of nitrogens with one attached hydrogen (secondary N) is 1. The largest absolute Gasteiger partial charge is 0.481 e. The van der Waals surface area contributed by atoms with Gasteiger partial charge in [-0.2, -0.15) is 0 Å². The lowest BCUT2D eigenvalue weighted by molar-refractivity contribution is -0.145. The van der Waals surface area contributed by atoms with Gasteiger partial charge in [0, 0.05) is 12.6 Å². The summed E-state index contributed by atoms with van der Waals surface area (Å²) in [4.78, 5) is 25.1. The first-order valence-electron chi connectivity index (χ1n) is 6.97. The SMILES string of the molecule is CCCN(C(=O)CNC1CC1)C1COCC1C(=O)O. The smallest absolute Gasteiger partial charge is 0.311 e. The first-order valence-corrected chi connectivity index (χ1v) is 6.97. The first-order chi connectivity index (χ1) is 9.13. The number of carbonyl (C=O) groups excluding carboxylic acids is 1. The van der Waals surface area contributed by atoms with Gasteiger partial charge in [-0.15, -0.1) is 0 Å². The second-order valence-electron chi connectivity index (χ2n) is 5.29. The van der Waals surface area contributed by atoms with E-state index in [0.29, 0.717) is 25.7 Å². The second-order valence-corrected chi connectivity index (χ2v) is 5.29. The van der Waals surface area contributed by atoms with Gasteiger partial charge in [0.15, 0.2) is 0 Å². The zero-order valence-corrected chi connectivity index (χ0v) is 11.3. The van der Waals surface area contributed by atoms with Crippen LogP contribution in [0.5, 0.6) is 0 Å². The number of hydrogen-bond donors (Lipinski definition) is 2. The van der Waals surface area contributed by atoms with E-state index in [0.717, 1.165) is 19.3 Å². The minimum Gasteiger partial charge on any atom is -0.481 e. The molecule has 0 aromatic rings. The monoisotopic (exact) mass is 270 g/mol. The minimum absolute atomic E-state index is 0.0181. The minimum atomic E-state index is -0.883. The van der Waals surface area contributed by atoms with E-state index in [1.807, 2.05) is 6.92 Å². The van der Waals surface area contributed by atoms with Crippen LogP contribution >= 0.6 is 0 Å². The fourth-order valence-electron chi connectivity index (χ4n) is 2.42. The molecule has 6 heteroatoms. The first kappa shape index (κ1) is 14.3. The van der Waals surface area contributed by atoms with Crippen LogP contribution in [0.25, 0.3) is 0 Å². The Morgan fingerprint density at radius 1 is 1.37 bits per heavy atom. The van der Waals surface area contributed by atoms with E-state index in [-0.39, 0.29) is 18.6 Å². The molecular formula is C13H22N2O4. The van der Waals surface area contributed by atoms with Crippen molar-refractivity contribution in [2.24, 2.45) is 5.92 Å². The standard InChI is InChI=1S/C13H22N2O4/c1-2-5-15(12(16)6-14-9-3-4-9)11-8-19-7-10(11)13(17)18/h9-11,14H,2-8H2,1H3,(H,17,18). The van der Waals surface area contributed by atoms with Crippen molar-refractivity contribution in [2.75, 3.05) is 26.3 Å². The normalized spacial score (nSPS) is 26.4. The van der Waals surface area contributed by atoms with Gasteiger partial charge >= 0.3 is 5.97 Å². The van der Waals surface area contributed by atoms with Crippen LogP contribution in [-0.4, -0.2) is 60.3 Å². The summed E-state index contributed by atoms with van der Waals surface area (Å²) in [7, 11) is 0. The lowest BCUT2D eigenvalue weighted by atomic mass is 10.0. The molecule has 0 spiro atoms. The maximum atomic E-state index is 12.2. The van der Waals surface area contributed by atoms with Crippen LogP contribution in [0, 0.1) is 5.92 Å². The van der Waals surface area contributed by atoms with Gasteiger partial charge in [-0.1, -0.05) is 6.92 Å². The third-order valence-electron chi connectivity index (χ3n) is 3.67. The number of rotatable bonds is 7. The Labute approximate surface area is 113 Å². The molecule has 1 heterocycles. The molecule has 19 heavy (non-hydrogen) atoms. The third kappa shape index (κ3) is 3.67. The van der Waals surface area contributed by atoms with Crippen molar-refractivity contribution in [1.29, 1.82) is 0 Å². The van der Waals surface area contributed by atoms with Crippen molar-refractivity contribution in [3.8, 4) is 0 Å². The fraction of sp³-hybridized carbons (Fsp3) is 0.846. The summed E-state index contributed by atoms with van der Waals surface area (Å²) < 4.78 is 5.25. The maximum absolute atomic E-state index is 12.2. The molecule has 2 N–H and O–H groups in total. The molecule has 1 aliphatic heterocycles. The topological polar surface area (TPSA) is 78.9 Å². The molecule has 0 aromatic carbocycles. The van der Waals surface area contributed by atoms with E-state index in [1.54, 1.807) is 4.90 Å². The van der Waals surface area contributed by atoms with Gasteiger partial charge in [-0.25, -0.2) is 0 Å². The van der Waals surface area contributed by atoms with Crippen molar-refractivity contribution in [3.63, 3.8) is 0 Å². The summed E-state index contributed by atoms with van der Waals surface area (Å²) in [5, 5.41) is 12.4. The molecule has 2 fully saturated rings. The Kier molecular flexibility index (Phi) is 4.76. The van der Waals surface area contributed by atoms with E-state index < -0.39 is 11.9 Å². The number of amides is 1. The number of hydrogen-bond acceptors (Lipinski definition) is 4. The average Bonchev–Trinajstić information content (AvgIpc) is 3.08. The van der Waals surface area contributed by atoms with E-state index in [9.17, 15) is 14.7 Å². The lowest BCUT2D eigenvalue weighted by Gasteiger charge is -2.30. The van der Waals surface area contributed by atoms with Gasteiger partial charge in [0.2, 0.25) is 5.91 Å². The summed E-state index contributed by atoms with van der Waals surface area (Å²) >= 11 is 0. The van der Waals surface area contributed by atoms with Crippen LogP contribution in [0.1, 0.15) is 26.2 Å². The molecule has 1 saturated heterocycles. The average molecular weight is 270 g/mol. The van der Waals surface area contributed by atoms with Crippen LogP contribution in [-0.2, 0) is 14.3 Å². The van der Waals surface area contributed by atoms with Crippen molar-refractivity contribution >= 4 is 11.9 Å². The van der Waals surface area contributed by atoms with Gasteiger partial charge in [0.25, 0.3) is 0 Å². The highest BCUT2D eigenvalue weighted by Gasteiger charge is 2.39. The number of carboxylic acid groups (broad SMARTS) is 1. The van der Waals surface area contributed by atoms with Gasteiger partial charge in [-0.3, -0.25) is 9.59 Å². The molecule has 2 unspecified atom stereocenters. The Bertz CT molecular complexity index is 344. The number of carboxylic acids is 1. The summed E-state index contributed by atoms with van der Waals surface area (Å²) in [5.41, 5.74) is 0. The van der Waals surface area contributed by atoms with Gasteiger partial charge in [0.1, 0.15) is 5.92 Å². The quantitative estimate of drug-likeness (QED) is 0.685. The predicted molar refractivity (Wildman–Crippen MR) is 68.8 cm³/mol. The van der Waals surface area contributed by atoms with Crippen molar-refractivity contribution in [3.05, 3.63) is 0 Å². The Morgan fingerprint density at radius 3 is 2.68 bits per heavy atom. The number of ether oxygens (including phenoxy) is 1. The van der Waals surface area contributed by atoms with Crippen LogP contribution < -0.4 is 5.32 Å². The van der Waals surface area contributed by atoms with Crippen molar-refractivity contribution in [1.82, 2.24) is 10.2 Å². The second kappa shape index (κ2) is 6.34. The van der Waals surface area contributed by atoms with Gasteiger partial charge in [0.05, 0.1) is 25.8 Å². The molecule has 1 saturated carbocycles. The molecule has 2 rings (SSSR count). The molecular weight excluding hydrogens is 248 g/mol. The van der Waals surface area contributed by atoms with E-state index in [2.05, 4.69) is 5.32 Å². The predicted octanol–water partition coefficient (Wildman–Crippen LogP) is 0.0766. The highest BCUT2D eigenvalue weighted by atomic mass is 16.5. The van der Waals surface area contributed by atoms with Crippen molar-refractivity contribution in [2.45, 2.75) is 38.3 Å². The highest BCUT2D eigenvalue weighted by Crippen LogP contribution is 2.21. The molecule has 0 radical (unpaired) electrons. The summed E-state index contributed by atoms with van der Waals surface area (Å²) in [6.45, 7) is 3.40. The molecule has 0 aromatic heterocycles. The summed E-state index contributed by atoms with van der Waals surface area (Å²) in [5.74, 6) is -1.50. The number of aliphatic carboxylic acids is 1. The van der Waals surface area contributed by atoms with Gasteiger partial charge in [-0.05, 0) is 19.3 Å². The summed E-state index contributed by atoms with van der Waals surface area (Å²) in [6.07, 6.45) is 3.08. The zero-order chi connectivity index (χ0) is 13.8. The Morgan fingerprint density at radius 2 is 2.11 bits per heavy atom. The van der Waals surface area contributed by atoms with Crippen molar-refractivity contribution < 1.29 is 19.4 Å². The van der Waals surface area contributed by atoms with Crippen LogP contribution in [0.2, 0.25) is 0 Å². The van der Waals surface area contributed by atoms with Gasteiger partial charge < -0.3 is 20.1 Å². The van der Waals surface area contributed by atoms with Crippen LogP contribution in [0.4, 0.5) is 0 Å². The van der Waals surface area contributed by atoms with E-state index >= 15 is 0 Å². The summed E-state index contributed by atoms with van der Waals surface area (Å²) in [6, 6.07) is 0.147. The molecule has 2 atom stereocenters. The van der Waals surface area contributed by atoms with Crippen LogP contribution in [0.15, 0.2) is 0 Å². The van der Waals surface area contributed by atoms with Crippen LogP contribution in [0.3, 0.4) is 0 Å². The molecule has 6 nitrogen and oxygen atoms in total. The molecule has 2 aliphatic rings. The molecule has 108 valence electrons. The Hall–Kier alpha value is -1.14. The van der Waals surface area contributed by atoms with E-state index in [1.165, 1.54) is 0 Å². The third-order valence-corrected chi connectivity index (χ3v) is 3.67. The Balaban J connectivity index is 1.96. The molecule has 1 amide bonds. The number of nitrogens with zero attached hydrogens (tertiary/aromatic N) is 1. The molecule has 1 aliphatic carbocycles. The maximum Gasteiger partial charge on any atom is 0.311 e. The van der Waals surface area contributed by atoms with E-state index in [4.69, 9.17) is 4.74 Å². The lowest BCUT2D eigenvalue weighted by Crippen LogP contribution is -2.49. The fourth-order valence-corrected chi connectivity index (χ4v) is 2.42. The highest BCUT2D eigenvalue weighted by molar-refractivity contribution is 5.80. The molecule has 0 bridgehead atoms. The number of carbonyl (C=O) groups is 2. The zero-order valence-electron chi connectivity index (χ0n) is 11.3.